The summed E-state index contributed by atoms with van der Waals surface area (Å²) in [6, 6.07) is 0. The van der Waals surface area contributed by atoms with E-state index in [2.05, 4.69) is 0 Å². The maximum atomic E-state index is 11.7. The Balaban J connectivity index is -0.000000367. The molecule has 0 saturated carbocycles. The number of hydrogen-bond acceptors (Lipinski definition) is 11. The summed E-state index contributed by atoms with van der Waals surface area (Å²) in [5, 5.41) is 42.2. The van der Waals surface area contributed by atoms with Crippen molar-refractivity contribution in [1.82, 2.24) is 15.3 Å². The maximum absolute atomic E-state index is 11.7. The SMILES string of the molecule is O=C([O-])CNN(CC(=O)[O-])CC(=O)N(CC(=O)[O-])CC(=O)[O-].[Na+].[Na+].[Na+].[Na+]. The number of carbonyl (C=O) groups excluding carboxylic acids is 5. The maximum Gasteiger partial charge on any atom is 1.00 e. The van der Waals surface area contributed by atoms with Gasteiger partial charge in [-0.05, 0) is 0 Å². The number of carbonyl (C=O) groups is 5. The minimum absolute atomic E-state index is 0. The molecule has 0 aliphatic heterocycles. The average Bonchev–Trinajstić information content (AvgIpc) is 2.33. The van der Waals surface area contributed by atoms with E-state index in [0.717, 1.165) is 0 Å². The van der Waals surface area contributed by atoms with Crippen LogP contribution in [0.5, 0.6) is 0 Å². The minimum atomic E-state index is -1.75. The van der Waals surface area contributed by atoms with Crippen molar-refractivity contribution in [2.24, 2.45) is 0 Å². The Morgan fingerprint density at radius 2 is 1.00 bits per heavy atom. The van der Waals surface area contributed by atoms with Gasteiger partial charge < -0.3 is 44.5 Å². The van der Waals surface area contributed by atoms with Crippen molar-refractivity contribution in [3.05, 3.63) is 0 Å². The van der Waals surface area contributed by atoms with Gasteiger partial charge in [-0.2, -0.15) is 0 Å². The average molecular weight is 409 g/mol. The Labute approximate surface area is 237 Å². The van der Waals surface area contributed by atoms with Gasteiger partial charge in [-0.1, -0.05) is 0 Å². The standard InChI is InChI=1S/C10H15N3O9.4Na/c14-6(12(3-8(17)18)4-9(19)20)2-13(5-10(21)22)11-1-7(15)16;;;;/h11H,1-5H2,(H,15,16)(H,17,18)(H,19,20)(H,21,22);;;;/q;4*+1/p-4. The van der Waals surface area contributed by atoms with Crippen LogP contribution in [0.2, 0.25) is 0 Å². The first kappa shape index (κ1) is 37.9. The molecule has 0 aromatic rings. The predicted molar refractivity (Wildman–Crippen MR) is 56.2 cm³/mol. The van der Waals surface area contributed by atoms with Crippen LogP contribution in [0.1, 0.15) is 0 Å². The predicted octanol–water partition coefficient (Wildman–Crippen LogP) is -20.4. The number of hydrazine groups is 1. The van der Waals surface area contributed by atoms with Gasteiger partial charge in [0.25, 0.3) is 0 Å². The molecule has 0 bridgehead atoms. The zero-order valence-corrected chi connectivity index (χ0v) is 23.1. The number of hydrogen-bond donors (Lipinski definition) is 1. The zero-order valence-electron chi connectivity index (χ0n) is 15.1. The van der Waals surface area contributed by atoms with E-state index in [1.165, 1.54) is 0 Å². The second-order valence-electron chi connectivity index (χ2n) is 3.93. The Morgan fingerprint density at radius 3 is 1.31 bits per heavy atom. The van der Waals surface area contributed by atoms with Crippen LogP contribution in [-0.2, 0) is 24.0 Å². The summed E-state index contributed by atoms with van der Waals surface area (Å²) in [5.41, 5.74) is 2.02. The topological polar surface area (TPSA) is 196 Å². The van der Waals surface area contributed by atoms with E-state index >= 15 is 0 Å². The van der Waals surface area contributed by atoms with Crippen molar-refractivity contribution < 1.29 is 163 Å². The van der Waals surface area contributed by atoms with E-state index in [0.29, 0.717) is 9.91 Å². The molecule has 0 spiro atoms. The van der Waals surface area contributed by atoms with Gasteiger partial charge in [0.1, 0.15) is 0 Å². The fraction of sp³-hybridized carbons (Fsp3) is 0.500. The van der Waals surface area contributed by atoms with E-state index < -0.39 is 62.5 Å². The van der Waals surface area contributed by atoms with E-state index in [1.807, 2.05) is 5.43 Å². The molecule has 0 aromatic heterocycles. The molecule has 0 rings (SSSR count). The first-order chi connectivity index (χ1) is 10.1. The molecule has 0 heterocycles. The molecule has 0 unspecified atom stereocenters. The van der Waals surface area contributed by atoms with Crippen LogP contribution in [0.25, 0.3) is 0 Å². The van der Waals surface area contributed by atoms with E-state index in [-0.39, 0.29) is 118 Å². The number of amides is 1. The van der Waals surface area contributed by atoms with Crippen LogP contribution in [0.3, 0.4) is 0 Å². The summed E-state index contributed by atoms with van der Waals surface area (Å²) in [6.45, 7) is -4.70. The minimum Gasteiger partial charge on any atom is -0.549 e. The summed E-state index contributed by atoms with van der Waals surface area (Å²) >= 11 is 0. The van der Waals surface area contributed by atoms with Crippen LogP contribution in [-0.4, -0.2) is 72.4 Å². The van der Waals surface area contributed by atoms with Gasteiger partial charge >= 0.3 is 118 Å². The van der Waals surface area contributed by atoms with Crippen LogP contribution in [0.4, 0.5) is 0 Å². The molecule has 1 N–H and O–H groups in total. The number of carboxylic acids is 4. The van der Waals surface area contributed by atoms with Crippen molar-refractivity contribution in [1.29, 1.82) is 0 Å². The quantitative estimate of drug-likeness (QED) is 0.251. The van der Waals surface area contributed by atoms with Crippen molar-refractivity contribution in [3.8, 4) is 0 Å². The molecule has 0 aliphatic rings. The zero-order chi connectivity index (χ0) is 17.3. The third-order valence-electron chi connectivity index (χ3n) is 2.09. The van der Waals surface area contributed by atoms with Gasteiger partial charge in [-0.15, -0.1) is 0 Å². The van der Waals surface area contributed by atoms with Gasteiger partial charge in [0.05, 0.1) is 50.1 Å². The van der Waals surface area contributed by atoms with E-state index in [4.69, 9.17) is 0 Å². The monoisotopic (exact) mass is 409 g/mol. The first-order valence-corrected chi connectivity index (χ1v) is 5.67. The summed E-state index contributed by atoms with van der Waals surface area (Å²) in [7, 11) is 0. The molecule has 0 saturated heterocycles. The normalized spacial score (nSPS) is 8.65. The van der Waals surface area contributed by atoms with Crippen molar-refractivity contribution >= 4 is 29.8 Å². The third kappa shape index (κ3) is 21.6. The number of rotatable bonds is 11. The fourth-order valence-electron chi connectivity index (χ4n) is 1.31. The molecule has 0 aromatic carbocycles. The van der Waals surface area contributed by atoms with Crippen LogP contribution in [0.15, 0.2) is 0 Å². The Morgan fingerprint density at radius 1 is 0.615 bits per heavy atom. The largest absolute Gasteiger partial charge is 1.00 e. The first-order valence-electron chi connectivity index (χ1n) is 5.67. The molecule has 16 heteroatoms. The van der Waals surface area contributed by atoms with Gasteiger partial charge in [0, 0.05) is 6.54 Å². The van der Waals surface area contributed by atoms with Gasteiger partial charge in [0.15, 0.2) is 0 Å². The van der Waals surface area contributed by atoms with Gasteiger partial charge in [-0.25, -0.2) is 10.4 Å². The van der Waals surface area contributed by atoms with Crippen molar-refractivity contribution in [3.63, 3.8) is 0 Å². The second kappa shape index (κ2) is 21.0. The van der Waals surface area contributed by atoms with Crippen molar-refractivity contribution in [2.75, 3.05) is 32.7 Å². The third-order valence-corrected chi connectivity index (χ3v) is 2.09. The van der Waals surface area contributed by atoms with Crippen LogP contribution < -0.4 is 144 Å². The van der Waals surface area contributed by atoms with E-state index in [1.54, 1.807) is 0 Å². The van der Waals surface area contributed by atoms with Gasteiger partial charge in [0.2, 0.25) is 5.91 Å². The number of carboxylic acid groups (broad SMARTS) is 4. The Kier molecular flexibility index (Phi) is 30.6. The molecule has 0 atom stereocenters. The molecular weight excluding hydrogens is 398 g/mol. The molecule has 0 aliphatic carbocycles. The van der Waals surface area contributed by atoms with E-state index in [9.17, 15) is 44.4 Å². The second-order valence-corrected chi connectivity index (χ2v) is 3.93. The summed E-state index contributed by atoms with van der Waals surface area (Å²) in [5.74, 6) is -7.87. The summed E-state index contributed by atoms with van der Waals surface area (Å²) < 4.78 is 0. The fourth-order valence-corrected chi connectivity index (χ4v) is 1.31. The number of nitrogens with zero attached hydrogens (tertiary/aromatic N) is 2. The smallest absolute Gasteiger partial charge is 0.549 e. The molecule has 12 nitrogen and oxygen atoms in total. The molecule has 0 fully saturated rings. The summed E-state index contributed by atoms with van der Waals surface area (Å²) in [6.07, 6.45) is 0. The van der Waals surface area contributed by atoms with Crippen molar-refractivity contribution in [2.45, 2.75) is 0 Å². The van der Waals surface area contributed by atoms with Gasteiger partial charge in [-0.3, -0.25) is 4.79 Å². The molecular formula is C10H11N3Na4O9. The van der Waals surface area contributed by atoms with Crippen LogP contribution >= 0.6 is 0 Å². The molecule has 0 radical (unpaired) electrons. The molecule has 1 amide bonds. The number of aliphatic carboxylic acids is 4. The Hall–Kier alpha value is 1.27. The number of nitrogens with one attached hydrogen (secondary N) is 1. The Bertz CT molecular complexity index is 465. The molecule has 124 valence electrons. The molecule has 26 heavy (non-hydrogen) atoms. The van der Waals surface area contributed by atoms with Crippen LogP contribution in [0, 0.1) is 0 Å². The summed E-state index contributed by atoms with van der Waals surface area (Å²) in [4.78, 5) is 53.7.